The van der Waals surface area contributed by atoms with Gasteiger partial charge in [-0.05, 0) is 37.5 Å². The number of rotatable bonds is 6. The monoisotopic (exact) mass is 420 g/mol. The number of likely N-dealkylation sites (tertiary alicyclic amines) is 1. The van der Waals surface area contributed by atoms with E-state index in [1.54, 1.807) is 24.4 Å². The number of anilines is 1. The summed E-state index contributed by atoms with van der Waals surface area (Å²) in [5.41, 5.74) is 7.44. The van der Waals surface area contributed by atoms with Gasteiger partial charge in [0.2, 0.25) is 11.9 Å². The first-order chi connectivity index (χ1) is 15.1. The fourth-order valence-electron chi connectivity index (χ4n) is 3.98. The molecule has 0 spiro atoms. The molecule has 2 heterocycles. The van der Waals surface area contributed by atoms with Gasteiger partial charge in [-0.3, -0.25) is 4.79 Å². The molecule has 1 amide bonds. The van der Waals surface area contributed by atoms with Gasteiger partial charge in [-0.25, -0.2) is 14.4 Å². The third-order valence-electron chi connectivity index (χ3n) is 5.47. The highest BCUT2D eigenvalue weighted by Gasteiger charge is 2.31. The van der Waals surface area contributed by atoms with E-state index in [0.717, 1.165) is 25.0 Å². The number of nitrogens with zero attached hydrogens (tertiary/aromatic N) is 3. The van der Waals surface area contributed by atoms with E-state index < -0.39 is 0 Å². The van der Waals surface area contributed by atoms with Crippen molar-refractivity contribution in [3.05, 3.63) is 72.3 Å². The molecule has 1 saturated heterocycles. The molecule has 2 aromatic carbocycles. The Morgan fingerprint density at radius 1 is 1.10 bits per heavy atom. The van der Waals surface area contributed by atoms with Crippen LogP contribution in [-0.4, -0.2) is 33.9 Å². The summed E-state index contributed by atoms with van der Waals surface area (Å²) < 4.78 is 20.2. The van der Waals surface area contributed by atoms with Crippen molar-refractivity contribution in [3.63, 3.8) is 0 Å². The number of amides is 1. The zero-order valence-corrected chi connectivity index (χ0v) is 17.2. The van der Waals surface area contributed by atoms with Crippen LogP contribution in [-0.2, 0) is 4.79 Å². The Morgan fingerprint density at radius 2 is 1.87 bits per heavy atom. The molecule has 0 saturated carbocycles. The number of aromatic nitrogens is 2. The van der Waals surface area contributed by atoms with Crippen LogP contribution in [0.15, 0.2) is 60.8 Å². The number of ether oxygens (including phenoxy) is 1. The Hall–Kier alpha value is -3.48. The maximum atomic E-state index is 14.5. The molecule has 0 radical (unpaired) electrons. The van der Waals surface area contributed by atoms with E-state index in [9.17, 15) is 9.18 Å². The van der Waals surface area contributed by atoms with Crippen molar-refractivity contribution in [1.82, 2.24) is 14.9 Å². The topological polar surface area (TPSA) is 81.3 Å². The predicted molar refractivity (Wildman–Crippen MR) is 117 cm³/mol. The third kappa shape index (κ3) is 4.82. The quantitative estimate of drug-likeness (QED) is 0.640. The van der Waals surface area contributed by atoms with Crippen LogP contribution in [0.4, 0.5) is 10.3 Å². The molecule has 1 fully saturated rings. The number of nitrogen functional groups attached to an aromatic ring is 1. The van der Waals surface area contributed by atoms with Crippen LogP contribution < -0.4 is 10.5 Å². The summed E-state index contributed by atoms with van der Waals surface area (Å²) in [6.07, 6.45) is 4.41. The number of hydrogen-bond acceptors (Lipinski definition) is 5. The second-order valence-electron chi connectivity index (χ2n) is 7.52. The molecule has 1 aliphatic rings. The molecule has 4 rings (SSSR count). The highest BCUT2D eigenvalue weighted by molar-refractivity contribution is 5.77. The minimum absolute atomic E-state index is 0.0164. The van der Waals surface area contributed by atoms with E-state index in [0.29, 0.717) is 23.4 Å². The van der Waals surface area contributed by atoms with E-state index in [4.69, 9.17) is 10.5 Å². The second-order valence-corrected chi connectivity index (χ2v) is 7.52. The number of benzene rings is 2. The lowest BCUT2D eigenvalue weighted by Gasteiger charge is -2.36. The van der Waals surface area contributed by atoms with E-state index in [1.165, 1.54) is 6.07 Å². The molecule has 160 valence electrons. The molecule has 3 aromatic rings. The fraction of sp³-hybridized carbons (Fsp3) is 0.292. The summed E-state index contributed by atoms with van der Waals surface area (Å²) in [6.45, 7) is 0.910. The van der Waals surface area contributed by atoms with Crippen LogP contribution in [0.2, 0.25) is 0 Å². The largest absolute Gasteiger partial charge is 0.493 e. The van der Waals surface area contributed by atoms with Crippen LogP contribution in [0.5, 0.6) is 5.75 Å². The molecule has 2 N–H and O–H groups in total. The van der Waals surface area contributed by atoms with Gasteiger partial charge < -0.3 is 15.4 Å². The zero-order chi connectivity index (χ0) is 21.6. The van der Waals surface area contributed by atoms with Crippen molar-refractivity contribution in [1.29, 1.82) is 0 Å². The van der Waals surface area contributed by atoms with Gasteiger partial charge in [-0.2, -0.15) is 0 Å². The molecule has 0 bridgehead atoms. The summed E-state index contributed by atoms with van der Waals surface area (Å²) in [5.74, 6) is 0.468. The van der Waals surface area contributed by atoms with Gasteiger partial charge in [-0.15, -0.1) is 0 Å². The SMILES string of the molecule is Nc1ncc(-c2ccccc2F)c(C2CCCCN2C(=O)CCOc2ccccc2)n1. The molecule has 6 nitrogen and oxygen atoms in total. The fourth-order valence-corrected chi connectivity index (χ4v) is 3.98. The van der Waals surface area contributed by atoms with Gasteiger partial charge in [-0.1, -0.05) is 36.4 Å². The number of hydrogen-bond donors (Lipinski definition) is 1. The first kappa shape index (κ1) is 20.8. The van der Waals surface area contributed by atoms with Crippen LogP contribution in [0.3, 0.4) is 0 Å². The van der Waals surface area contributed by atoms with Gasteiger partial charge in [0.1, 0.15) is 11.6 Å². The normalized spacial score (nSPS) is 16.2. The number of piperidine rings is 1. The van der Waals surface area contributed by atoms with E-state index in [2.05, 4.69) is 9.97 Å². The average molecular weight is 420 g/mol. The zero-order valence-electron chi connectivity index (χ0n) is 17.2. The minimum Gasteiger partial charge on any atom is -0.493 e. The van der Waals surface area contributed by atoms with Crippen LogP contribution in [0.25, 0.3) is 11.1 Å². The summed E-state index contributed by atoms with van der Waals surface area (Å²) in [7, 11) is 0. The molecular formula is C24H25FN4O2. The van der Waals surface area contributed by atoms with Crippen molar-refractivity contribution >= 4 is 11.9 Å². The molecule has 1 unspecified atom stereocenters. The van der Waals surface area contributed by atoms with E-state index >= 15 is 0 Å². The van der Waals surface area contributed by atoms with Crippen molar-refractivity contribution in [2.45, 2.75) is 31.7 Å². The first-order valence-corrected chi connectivity index (χ1v) is 10.5. The molecule has 1 aliphatic heterocycles. The standard InChI is InChI=1S/C24H25FN4O2/c25-20-11-5-4-10-18(20)19-16-27-24(26)28-23(19)21-12-6-7-14-29(21)22(30)13-15-31-17-8-2-1-3-9-17/h1-5,8-11,16,21H,6-7,12-15H2,(H2,26,27,28). The van der Waals surface area contributed by atoms with Gasteiger partial charge in [0.15, 0.2) is 0 Å². The highest BCUT2D eigenvalue weighted by Crippen LogP contribution is 2.37. The third-order valence-corrected chi connectivity index (χ3v) is 5.47. The van der Waals surface area contributed by atoms with Crippen molar-refractivity contribution in [2.24, 2.45) is 0 Å². The number of halogens is 1. The Labute approximate surface area is 180 Å². The number of nitrogens with two attached hydrogens (primary N) is 1. The first-order valence-electron chi connectivity index (χ1n) is 10.5. The summed E-state index contributed by atoms with van der Waals surface area (Å²) in [4.78, 5) is 23.4. The summed E-state index contributed by atoms with van der Waals surface area (Å²) in [5, 5.41) is 0. The Bertz CT molecular complexity index is 1040. The van der Waals surface area contributed by atoms with Crippen LogP contribution >= 0.6 is 0 Å². The molecular weight excluding hydrogens is 395 g/mol. The maximum absolute atomic E-state index is 14.5. The van der Waals surface area contributed by atoms with Gasteiger partial charge in [0.25, 0.3) is 0 Å². The van der Waals surface area contributed by atoms with Gasteiger partial charge >= 0.3 is 0 Å². The molecule has 1 aromatic heterocycles. The predicted octanol–water partition coefficient (Wildman–Crippen LogP) is 4.39. The Morgan fingerprint density at radius 3 is 2.68 bits per heavy atom. The molecule has 7 heteroatoms. The van der Waals surface area contributed by atoms with E-state index in [-0.39, 0.29) is 36.7 Å². The van der Waals surface area contributed by atoms with E-state index in [1.807, 2.05) is 35.2 Å². The molecule has 0 aliphatic carbocycles. The Balaban J connectivity index is 1.57. The lowest BCUT2D eigenvalue weighted by Crippen LogP contribution is -2.39. The van der Waals surface area contributed by atoms with Gasteiger partial charge in [0, 0.05) is 23.9 Å². The minimum atomic E-state index is -0.359. The highest BCUT2D eigenvalue weighted by atomic mass is 19.1. The van der Waals surface area contributed by atoms with Crippen molar-refractivity contribution in [3.8, 4) is 16.9 Å². The number of carbonyl (C=O) groups excluding carboxylic acids is 1. The van der Waals surface area contributed by atoms with Crippen LogP contribution in [0.1, 0.15) is 37.4 Å². The average Bonchev–Trinajstić information content (AvgIpc) is 2.80. The molecule has 31 heavy (non-hydrogen) atoms. The Kier molecular flexibility index (Phi) is 6.40. The van der Waals surface area contributed by atoms with Gasteiger partial charge in [0.05, 0.1) is 24.8 Å². The smallest absolute Gasteiger partial charge is 0.226 e. The lowest BCUT2D eigenvalue weighted by molar-refractivity contribution is -0.135. The van der Waals surface area contributed by atoms with Crippen LogP contribution in [0, 0.1) is 5.82 Å². The molecule has 1 atom stereocenters. The second kappa shape index (κ2) is 9.55. The van der Waals surface area contributed by atoms with Crippen molar-refractivity contribution < 1.29 is 13.9 Å². The maximum Gasteiger partial charge on any atom is 0.226 e. The lowest BCUT2D eigenvalue weighted by atomic mass is 9.93. The summed E-state index contributed by atoms with van der Waals surface area (Å²) in [6, 6.07) is 15.6. The summed E-state index contributed by atoms with van der Waals surface area (Å²) >= 11 is 0. The number of para-hydroxylation sites is 1. The number of carbonyl (C=O) groups is 1. The van der Waals surface area contributed by atoms with Crippen molar-refractivity contribution in [2.75, 3.05) is 18.9 Å².